The Balaban J connectivity index is 2.84. The summed E-state index contributed by atoms with van der Waals surface area (Å²) in [6.07, 6.45) is 2.41. The molecule has 14 heteroatoms. The van der Waals surface area contributed by atoms with Crippen LogP contribution in [-0.2, 0) is 19.2 Å². The molecule has 0 aromatic rings. The highest BCUT2D eigenvalue weighted by atomic mass is 32.2. The Kier molecular flexibility index (Phi) is 12.7. The molecule has 1 fully saturated rings. The van der Waals surface area contributed by atoms with Crippen LogP contribution in [0.4, 0.5) is 0 Å². The van der Waals surface area contributed by atoms with Crippen LogP contribution in [0.25, 0.3) is 0 Å². The van der Waals surface area contributed by atoms with Gasteiger partial charge in [0.1, 0.15) is 18.1 Å². The van der Waals surface area contributed by atoms with E-state index >= 15 is 0 Å². The van der Waals surface area contributed by atoms with Crippen molar-refractivity contribution >= 4 is 41.4 Å². The molecule has 0 saturated carbocycles. The molecule has 1 saturated heterocycles. The number of aliphatic hydroxyl groups is 1. The maximum atomic E-state index is 13.1. The smallest absolute Gasteiger partial charge is 0.326 e. The van der Waals surface area contributed by atoms with Crippen LogP contribution in [0.3, 0.4) is 0 Å². The summed E-state index contributed by atoms with van der Waals surface area (Å²) in [6, 6.07) is -4.25. The van der Waals surface area contributed by atoms with Crippen molar-refractivity contribution in [3.05, 3.63) is 0 Å². The number of carboxylic acid groups (broad SMARTS) is 1. The molecule has 0 bridgehead atoms. The first kappa shape index (κ1) is 29.5. The average Bonchev–Trinajstić information content (AvgIpc) is 3.26. The lowest BCUT2D eigenvalue weighted by Crippen LogP contribution is -2.59. The van der Waals surface area contributed by atoms with Crippen molar-refractivity contribution in [3.8, 4) is 0 Å². The van der Waals surface area contributed by atoms with Crippen LogP contribution in [0.5, 0.6) is 0 Å². The van der Waals surface area contributed by atoms with E-state index in [1.165, 1.54) is 23.6 Å². The van der Waals surface area contributed by atoms with Crippen LogP contribution in [0.1, 0.15) is 39.0 Å². The highest BCUT2D eigenvalue weighted by Gasteiger charge is 2.38. The standard InChI is InChI=1S/C20H37N7O6S/c1-11(28)15(26-16(29)12(21)5-3-8-24-20(22)23)17(30)25-13(7-10-34-2)18(31)27-9-4-6-14(27)19(32)33/h11-15,28H,3-10,21H2,1-2H3,(H,25,30)(H,26,29)(H,32,33)(H4,22,23,24). The van der Waals surface area contributed by atoms with Gasteiger partial charge in [0.25, 0.3) is 0 Å². The third-order valence-electron chi connectivity index (χ3n) is 5.41. The molecule has 1 heterocycles. The SMILES string of the molecule is CSCCC(NC(=O)C(NC(=O)C(N)CCCN=C(N)N)C(C)O)C(=O)N1CCCC1C(=O)O. The van der Waals surface area contributed by atoms with Gasteiger partial charge in [-0.25, -0.2) is 4.79 Å². The van der Waals surface area contributed by atoms with E-state index < -0.39 is 54.0 Å². The number of nitrogens with one attached hydrogen (secondary N) is 2. The van der Waals surface area contributed by atoms with Crippen LogP contribution < -0.4 is 27.8 Å². The van der Waals surface area contributed by atoms with E-state index in [0.717, 1.165) is 0 Å². The van der Waals surface area contributed by atoms with Gasteiger partial charge in [-0.2, -0.15) is 11.8 Å². The van der Waals surface area contributed by atoms with E-state index in [1.54, 1.807) is 0 Å². The van der Waals surface area contributed by atoms with Gasteiger partial charge >= 0.3 is 5.97 Å². The number of amides is 3. The van der Waals surface area contributed by atoms with E-state index in [2.05, 4.69) is 15.6 Å². The number of aliphatic carboxylic acids is 1. The first-order chi connectivity index (χ1) is 16.0. The highest BCUT2D eigenvalue weighted by molar-refractivity contribution is 7.98. The molecule has 0 aromatic heterocycles. The van der Waals surface area contributed by atoms with E-state index in [9.17, 15) is 29.4 Å². The molecule has 10 N–H and O–H groups in total. The van der Waals surface area contributed by atoms with Crippen molar-refractivity contribution < 1.29 is 29.4 Å². The molecule has 0 aromatic carbocycles. The number of carbonyl (C=O) groups is 4. The number of aliphatic imine (C=N–C) groups is 1. The van der Waals surface area contributed by atoms with Gasteiger partial charge in [0, 0.05) is 13.1 Å². The number of thioether (sulfide) groups is 1. The van der Waals surface area contributed by atoms with Crippen molar-refractivity contribution in [3.63, 3.8) is 0 Å². The van der Waals surface area contributed by atoms with E-state index in [4.69, 9.17) is 17.2 Å². The van der Waals surface area contributed by atoms with Gasteiger partial charge in [-0.05, 0) is 51.0 Å². The first-order valence-corrected chi connectivity index (χ1v) is 12.5. The highest BCUT2D eigenvalue weighted by Crippen LogP contribution is 2.20. The van der Waals surface area contributed by atoms with E-state index in [-0.39, 0.29) is 31.9 Å². The van der Waals surface area contributed by atoms with Crippen LogP contribution in [0.2, 0.25) is 0 Å². The zero-order valence-electron chi connectivity index (χ0n) is 19.6. The third-order valence-corrected chi connectivity index (χ3v) is 6.06. The summed E-state index contributed by atoms with van der Waals surface area (Å²) in [6.45, 7) is 1.90. The zero-order chi connectivity index (χ0) is 25.8. The molecule has 1 aliphatic heterocycles. The van der Waals surface area contributed by atoms with Crippen molar-refractivity contribution in [2.45, 2.75) is 69.3 Å². The van der Waals surface area contributed by atoms with Crippen LogP contribution in [-0.4, -0.2) is 100 Å². The van der Waals surface area contributed by atoms with Gasteiger partial charge in [-0.3, -0.25) is 19.4 Å². The Labute approximate surface area is 203 Å². The van der Waals surface area contributed by atoms with Gasteiger partial charge in [-0.1, -0.05) is 0 Å². The van der Waals surface area contributed by atoms with Crippen molar-refractivity contribution in [2.24, 2.45) is 22.2 Å². The number of nitrogens with zero attached hydrogens (tertiary/aromatic N) is 2. The summed E-state index contributed by atoms with van der Waals surface area (Å²) in [5.41, 5.74) is 16.4. The van der Waals surface area contributed by atoms with Crippen LogP contribution in [0.15, 0.2) is 4.99 Å². The second-order valence-electron chi connectivity index (χ2n) is 8.15. The van der Waals surface area contributed by atoms with Crippen molar-refractivity contribution in [1.29, 1.82) is 0 Å². The second-order valence-corrected chi connectivity index (χ2v) is 9.14. The molecule has 0 radical (unpaired) electrons. The van der Waals surface area contributed by atoms with E-state index in [1.807, 2.05) is 6.26 Å². The molecule has 194 valence electrons. The molecular formula is C20H37N7O6S. The zero-order valence-corrected chi connectivity index (χ0v) is 20.4. The van der Waals surface area contributed by atoms with Gasteiger partial charge in [0.2, 0.25) is 17.7 Å². The lowest BCUT2D eigenvalue weighted by atomic mass is 10.1. The molecule has 0 spiro atoms. The van der Waals surface area contributed by atoms with Crippen molar-refractivity contribution in [1.82, 2.24) is 15.5 Å². The average molecular weight is 504 g/mol. The topological polar surface area (TPSA) is 226 Å². The molecule has 1 rings (SSSR count). The number of hydrogen-bond donors (Lipinski definition) is 7. The minimum atomic E-state index is -1.35. The maximum absolute atomic E-state index is 13.1. The summed E-state index contributed by atoms with van der Waals surface area (Å²) in [5, 5.41) is 24.5. The van der Waals surface area contributed by atoms with Gasteiger partial charge < -0.3 is 42.9 Å². The molecule has 5 unspecified atom stereocenters. The van der Waals surface area contributed by atoms with Crippen LogP contribution >= 0.6 is 11.8 Å². The summed E-state index contributed by atoms with van der Waals surface area (Å²) < 4.78 is 0. The molecule has 5 atom stereocenters. The third kappa shape index (κ3) is 9.35. The largest absolute Gasteiger partial charge is 0.480 e. The predicted molar refractivity (Wildman–Crippen MR) is 129 cm³/mol. The number of likely N-dealkylation sites (tertiary alicyclic amines) is 1. The van der Waals surface area contributed by atoms with Gasteiger partial charge in [0.15, 0.2) is 5.96 Å². The Morgan fingerprint density at radius 1 is 1.18 bits per heavy atom. The van der Waals surface area contributed by atoms with E-state index in [0.29, 0.717) is 25.0 Å². The molecule has 1 aliphatic rings. The lowest BCUT2D eigenvalue weighted by Gasteiger charge is -2.29. The van der Waals surface area contributed by atoms with Crippen molar-refractivity contribution in [2.75, 3.05) is 25.1 Å². The second kappa shape index (κ2) is 14.6. The summed E-state index contributed by atoms with van der Waals surface area (Å²) in [5.74, 6) is -2.54. The van der Waals surface area contributed by atoms with Gasteiger partial charge in [0.05, 0.1) is 12.1 Å². The predicted octanol–water partition coefficient (Wildman–Crippen LogP) is -2.45. The molecule has 13 nitrogen and oxygen atoms in total. The summed E-state index contributed by atoms with van der Waals surface area (Å²) in [4.78, 5) is 55.0. The Morgan fingerprint density at radius 2 is 1.85 bits per heavy atom. The number of aliphatic hydroxyl groups excluding tert-OH is 1. The number of hydrogen-bond acceptors (Lipinski definition) is 8. The quantitative estimate of drug-likeness (QED) is 0.0751. The molecule has 0 aliphatic carbocycles. The normalized spacial score (nSPS) is 18.9. The number of carboxylic acids is 1. The summed E-state index contributed by atoms with van der Waals surface area (Å²) >= 11 is 1.47. The fourth-order valence-corrected chi connectivity index (χ4v) is 4.03. The number of nitrogens with two attached hydrogens (primary N) is 3. The lowest BCUT2D eigenvalue weighted by molar-refractivity contribution is -0.149. The number of rotatable bonds is 14. The minimum Gasteiger partial charge on any atom is -0.480 e. The Morgan fingerprint density at radius 3 is 2.41 bits per heavy atom. The molecule has 34 heavy (non-hydrogen) atoms. The number of carbonyl (C=O) groups excluding carboxylic acids is 3. The number of guanidine groups is 1. The first-order valence-electron chi connectivity index (χ1n) is 11.1. The Hall–Kier alpha value is -2.58. The molecule has 3 amide bonds. The monoisotopic (exact) mass is 503 g/mol. The molecular weight excluding hydrogens is 466 g/mol. The van der Waals surface area contributed by atoms with Gasteiger partial charge in [-0.15, -0.1) is 0 Å². The minimum absolute atomic E-state index is 0.0713. The summed E-state index contributed by atoms with van der Waals surface area (Å²) in [7, 11) is 0. The Bertz CT molecular complexity index is 747. The fraction of sp³-hybridized carbons (Fsp3) is 0.750. The maximum Gasteiger partial charge on any atom is 0.326 e. The fourth-order valence-electron chi connectivity index (χ4n) is 3.56. The van der Waals surface area contributed by atoms with Crippen LogP contribution in [0, 0.1) is 0 Å².